The molecule has 0 amide bonds. The van der Waals surface area contributed by atoms with E-state index in [1.165, 1.54) is 28.6 Å². The van der Waals surface area contributed by atoms with E-state index < -0.39 is 22.1 Å². The van der Waals surface area contributed by atoms with Gasteiger partial charge in [0.15, 0.2) is 11.9 Å². The fourth-order valence-corrected chi connectivity index (χ4v) is 4.63. The Bertz CT molecular complexity index is 720. The van der Waals surface area contributed by atoms with Crippen LogP contribution in [0.1, 0.15) is 48.9 Å². The maximum Gasteiger partial charge on any atom is 0.338 e. The molecule has 0 radical (unpaired) electrons. The van der Waals surface area contributed by atoms with Crippen molar-refractivity contribution in [2.45, 2.75) is 49.5 Å². The van der Waals surface area contributed by atoms with Crippen LogP contribution < -0.4 is 0 Å². The second kappa shape index (κ2) is 7.03. The number of hydrogen-bond acceptors (Lipinski definition) is 5. The van der Waals surface area contributed by atoms with Crippen LogP contribution in [0.15, 0.2) is 29.2 Å². The van der Waals surface area contributed by atoms with Crippen molar-refractivity contribution in [3.63, 3.8) is 0 Å². The third-order valence-corrected chi connectivity index (χ3v) is 6.45. The zero-order chi connectivity index (χ0) is 17.2. The zero-order valence-electron chi connectivity index (χ0n) is 13.4. The van der Waals surface area contributed by atoms with E-state index in [1.54, 1.807) is 0 Å². The normalized spacial score (nSPS) is 22.5. The monoisotopic (exact) mass is 351 g/mol. The molecule has 1 saturated heterocycles. The number of benzene rings is 1. The van der Waals surface area contributed by atoms with Gasteiger partial charge in [0, 0.05) is 19.5 Å². The summed E-state index contributed by atoms with van der Waals surface area (Å²) in [6.07, 6.45) is 3.81. The van der Waals surface area contributed by atoms with Crippen LogP contribution in [0.3, 0.4) is 0 Å². The molecule has 6 nitrogen and oxygen atoms in total. The second-order valence-corrected chi connectivity index (χ2v) is 8.18. The van der Waals surface area contributed by atoms with Gasteiger partial charge in [-0.15, -0.1) is 0 Å². The number of sulfonamides is 1. The van der Waals surface area contributed by atoms with Gasteiger partial charge in [-0.05, 0) is 56.4 Å². The van der Waals surface area contributed by atoms with Crippen molar-refractivity contribution < 1.29 is 22.7 Å². The number of Topliss-reactive ketones (excluding diaryl/α,β-unsaturated/α-hetero) is 1. The van der Waals surface area contributed by atoms with Crippen LogP contribution in [0.4, 0.5) is 0 Å². The quantitative estimate of drug-likeness (QED) is 0.777. The van der Waals surface area contributed by atoms with E-state index in [0.29, 0.717) is 25.9 Å². The Morgan fingerprint density at radius 1 is 1.04 bits per heavy atom. The van der Waals surface area contributed by atoms with Gasteiger partial charge < -0.3 is 4.74 Å². The summed E-state index contributed by atoms with van der Waals surface area (Å²) in [4.78, 5) is 24.0. The molecule has 1 aromatic carbocycles. The van der Waals surface area contributed by atoms with Crippen LogP contribution in [0.5, 0.6) is 0 Å². The Morgan fingerprint density at radius 2 is 1.71 bits per heavy atom. The summed E-state index contributed by atoms with van der Waals surface area (Å²) in [7, 11) is -3.49. The average molecular weight is 351 g/mol. The predicted octanol–water partition coefficient (Wildman–Crippen LogP) is 2.14. The summed E-state index contributed by atoms with van der Waals surface area (Å²) in [5, 5.41) is 0. The highest BCUT2D eigenvalue weighted by Crippen LogP contribution is 2.22. The molecule has 0 bridgehead atoms. The van der Waals surface area contributed by atoms with Gasteiger partial charge in [0.05, 0.1) is 10.5 Å². The first-order valence-electron chi connectivity index (χ1n) is 8.32. The molecule has 1 heterocycles. The molecule has 1 aliphatic carbocycles. The minimum atomic E-state index is -3.49. The van der Waals surface area contributed by atoms with Crippen LogP contribution in [0.25, 0.3) is 0 Å². The molecule has 1 aliphatic heterocycles. The first-order chi connectivity index (χ1) is 11.5. The smallest absolute Gasteiger partial charge is 0.338 e. The van der Waals surface area contributed by atoms with Crippen LogP contribution in [-0.4, -0.2) is 43.7 Å². The lowest BCUT2D eigenvalue weighted by atomic mass is 9.96. The molecule has 3 rings (SSSR count). The van der Waals surface area contributed by atoms with Gasteiger partial charge in [-0.1, -0.05) is 0 Å². The summed E-state index contributed by atoms with van der Waals surface area (Å²) < 4.78 is 31.6. The Kier molecular flexibility index (Phi) is 5.01. The highest BCUT2D eigenvalue weighted by atomic mass is 32.2. The van der Waals surface area contributed by atoms with Crippen molar-refractivity contribution in [2.75, 3.05) is 13.1 Å². The number of hydrogen-bond donors (Lipinski definition) is 0. The molecule has 0 unspecified atom stereocenters. The minimum Gasteiger partial charge on any atom is -0.451 e. The topological polar surface area (TPSA) is 80.8 Å². The van der Waals surface area contributed by atoms with E-state index in [-0.39, 0.29) is 16.2 Å². The Labute approximate surface area is 141 Å². The zero-order valence-corrected chi connectivity index (χ0v) is 14.3. The summed E-state index contributed by atoms with van der Waals surface area (Å²) in [6, 6.07) is 5.73. The first-order valence-corrected chi connectivity index (χ1v) is 9.76. The first kappa shape index (κ1) is 17.1. The molecule has 1 aromatic rings. The number of ketones is 1. The largest absolute Gasteiger partial charge is 0.451 e. The Morgan fingerprint density at radius 3 is 2.33 bits per heavy atom. The van der Waals surface area contributed by atoms with Gasteiger partial charge in [0.25, 0.3) is 0 Å². The maximum absolute atomic E-state index is 12.4. The van der Waals surface area contributed by atoms with Crippen LogP contribution in [0.2, 0.25) is 0 Å². The van der Waals surface area contributed by atoms with Gasteiger partial charge >= 0.3 is 5.97 Å². The molecular weight excluding hydrogens is 330 g/mol. The third kappa shape index (κ3) is 3.52. The van der Waals surface area contributed by atoms with Crippen molar-refractivity contribution in [1.29, 1.82) is 0 Å². The Balaban J connectivity index is 1.69. The third-order valence-electron chi connectivity index (χ3n) is 4.54. The highest BCUT2D eigenvalue weighted by Gasteiger charge is 2.28. The molecule has 2 fully saturated rings. The standard InChI is InChI=1S/C17H21NO5S/c19-15-5-1-2-6-16(15)23-17(20)13-7-9-14(10-8-13)24(21,22)18-11-3-4-12-18/h7-10,16H,1-6,11-12H2/t16-/m0/s1. The van der Waals surface area contributed by atoms with E-state index in [9.17, 15) is 18.0 Å². The van der Waals surface area contributed by atoms with Gasteiger partial charge in [-0.25, -0.2) is 13.2 Å². The van der Waals surface area contributed by atoms with Gasteiger partial charge in [0.2, 0.25) is 10.0 Å². The second-order valence-electron chi connectivity index (χ2n) is 6.24. The van der Waals surface area contributed by atoms with E-state index in [1.807, 2.05) is 0 Å². The molecule has 0 spiro atoms. The molecule has 130 valence electrons. The summed E-state index contributed by atoms with van der Waals surface area (Å²) in [6.45, 7) is 1.08. The fourth-order valence-electron chi connectivity index (χ4n) is 3.11. The maximum atomic E-state index is 12.4. The SMILES string of the molecule is O=C(O[C@H]1CCCCC1=O)c1ccc(S(=O)(=O)N2CCCC2)cc1. The van der Waals surface area contributed by atoms with Crippen LogP contribution in [-0.2, 0) is 19.6 Å². The van der Waals surface area contributed by atoms with Gasteiger partial charge in [-0.2, -0.15) is 4.31 Å². The minimum absolute atomic E-state index is 0.0390. The van der Waals surface area contributed by atoms with E-state index in [0.717, 1.165) is 25.7 Å². The van der Waals surface area contributed by atoms with Crippen molar-refractivity contribution in [2.24, 2.45) is 0 Å². The lowest BCUT2D eigenvalue weighted by Gasteiger charge is -2.20. The van der Waals surface area contributed by atoms with E-state index in [4.69, 9.17) is 4.74 Å². The number of carbonyl (C=O) groups excluding carboxylic acids is 2. The molecule has 2 aliphatic rings. The van der Waals surface area contributed by atoms with Crippen LogP contribution >= 0.6 is 0 Å². The number of rotatable bonds is 4. The molecule has 1 atom stereocenters. The van der Waals surface area contributed by atoms with Gasteiger partial charge in [-0.3, -0.25) is 4.79 Å². The molecule has 0 aromatic heterocycles. The molecule has 24 heavy (non-hydrogen) atoms. The molecule has 7 heteroatoms. The lowest BCUT2D eigenvalue weighted by molar-refractivity contribution is -0.129. The lowest BCUT2D eigenvalue weighted by Crippen LogP contribution is -2.30. The fraction of sp³-hybridized carbons (Fsp3) is 0.529. The number of nitrogens with zero attached hydrogens (tertiary/aromatic N) is 1. The molecule has 0 N–H and O–H groups in total. The number of esters is 1. The van der Waals surface area contributed by atoms with Crippen molar-refractivity contribution in [1.82, 2.24) is 4.31 Å². The van der Waals surface area contributed by atoms with Crippen LogP contribution in [0, 0.1) is 0 Å². The summed E-state index contributed by atoms with van der Waals surface area (Å²) in [5.41, 5.74) is 0.258. The number of ether oxygens (including phenoxy) is 1. The number of carbonyl (C=O) groups is 2. The van der Waals surface area contributed by atoms with Crippen molar-refractivity contribution >= 4 is 21.8 Å². The molecular formula is C17H21NO5S. The van der Waals surface area contributed by atoms with Gasteiger partial charge in [0.1, 0.15) is 0 Å². The van der Waals surface area contributed by atoms with E-state index in [2.05, 4.69) is 0 Å². The molecule has 1 saturated carbocycles. The highest BCUT2D eigenvalue weighted by molar-refractivity contribution is 7.89. The van der Waals surface area contributed by atoms with E-state index >= 15 is 0 Å². The summed E-state index contributed by atoms with van der Waals surface area (Å²) in [5.74, 6) is -0.622. The Hall–Kier alpha value is -1.73. The predicted molar refractivity (Wildman–Crippen MR) is 87.1 cm³/mol. The van der Waals surface area contributed by atoms with Crippen molar-refractivity contribution in [3.8, 4) is 0 Å². The average Bonchev–Trinajstić information content (AvgIpc) is 3.12. The summed E-state index contributed by atoms with van der Waals surface area (Å²) >= 11 is 0. The van der Waals surface area contributed by atoms with Crippen molar-refractivity contribution in [3.05, 3.63) is 29.8 Å².